The monoisotopic (exact) mass is 473 g/mol. The molecule has 1 spiro atoms. The van der Waals surface area contributed by atoms with Crippen LogP contribution < -0.4 is 21.1 Å². The first-order valence-electron chi connectivity index (χ1n) is 8.39. The number of hydrogen-bond donors (Lipinski definition) is 3. The van der Waals surface area contributed by atoms with Gasteiger partial charge in [0.15, 0.2) is 5.96 Å². The van der Waals surface area contributed by atoms with E-state index in [1.165, 1.54) is 4.90 Å². The Hall–Kier alpha value is -2.04. The predicted molar refractivity (Wildman–Crippen MR) is 110 cm³/mol. The van der Waals surface area contributed by atoms with Gasteiger partial charge in [0.2, 0.25) is 0 Å². The van der Waals surface area contributed by atoms with Gasteiger partial charge in [-0.25, -0.2) is 4.79 Å². The van der Waals surface area contributed by atoms with Gasteiger partial charge in [-0.2, -0.15) is 0 Å². The van der Waals surface area contributed by atoms with Crippen LogP contribution in [0.5, 0.6) is 5.75 Å². The molecule has 0 atom stereocenters. The number of benzene rings is 1. The number of halogens is 1. The Bertz CT molecular complexity index is 703. The summed E-state index contributed by atoms with van der Waals surface area (Å²) in [4.78, 5) is 30.0. The molecular weight excluding hydrogens is 449 g/mol. The van der Waals surface area contributed by atoms with E-state index in [0.717, 1.165) is 31.4 Å². The number of ether oxygens (including phenoxy) is 1. The highest BCUT2D eigenvalue weighted by atomic mass is 127. The lowest BCUT2D eigenvalue weighted by Crippen LogP contribution is -2.44. The molecule has 9 heteroatoms. The number of urea groups is 1. The molecule has 0 unspecified atom stereocenters. The van der Waals surface area contributed by atoms with E-state index in [1.807, 2.05) is 18.2 Å². The number of nitrogens with two attached hydrogens (primary N) is 1. The third-order valence-electron chi connectivity index (χ3n) is 4.65. The van der Waals surface area contributed by atoms with Gasteiger partial charge < -0.3 is 21.1 Å². The normalized spacial score (nSPS) is 18.7. The van der Waals surface area contributed by atoms with Gasteiger partial charge in [-0.1, -0.05) is 18.9 Å². The van der Waals surface area contributed by atoms with Crippen LogP contribution in [-0.2, 0) is 4.79 Å². The van der Waals surface area contributed by atoms with Gasteiger partial charge in [-0.3, -0.25) is 14.7 Å². The molecule has 3 amide bonds. The Kier molecular flexibility index (Phi) is 6.68. The molecular formula is C17H24IN5O3. The van der Waals surface area contributed by atoms with Crippen molar-refractivity contribution in [3.05, 3.63) is 24.3 Å². The highest BCUT2D eigenvalue weighted by Gasteiger charge is 2.52. The molecule has 0 aromatic heterocycles. The molecule has 26 heavy (non-hydrogen) atoms. The molecule has 3 rings (SSSR count). The van der Waals surface area contributed by atoms with Crippen LogP contribution in [0.15, 0.2) is 29.3 Å². The van der Waals surface area contributed by atoms with Crippen LogP contribution >= 0.6 is 24.0 Å². The zero-order valence-corrected chi connectivity index (χ0v) is 17.0. The highest BCUT2D eigenvalue weighted by molar-refractivity contribution is 14.0. The molecule has 2 fully saturated rings. The number of hydrogen-bond acceptors (Lipinski definition) is 4. The first-order valence-corrected chi connectivity index (χ1v) is 8.39. The van der Waals surface area contributed by atoms with E-state index in [0.29, 0.717) is 5.75 Å². The summed E-state index contributed by atoms with van der Waals surface area (Å²) in [6.45, 7) is 0.463. The van der Waals surface area contributed by atoms with Crippen molar-refractivity contribution in [2.24, 2.45) is 10.7 Å². The van der Waals surface area contributed by atoms with Crippen molar-refractivity contribution in [2.75, 3.05) is 25.5 Å². The maximum Gasteiger partial charge on any atom is 0.325 e. The smallest absolute Gasteiger partial charge is 0.325 e. The summed E-state index contributed by atoms with van der Waals surface area (Å²) < 4.78 is 5.15. The molecule has 0 radical (unpaired) electrons. The fraction of sp³-hybridized carbons (Fsp3) is 0.471. The number of guanidine groups is 1. The van der Waals surface area contributed by atoms with E-state index < -0.39 is 5.54 Å². The standard InChI is InChI=1S/C17H23N5O3.HI/c1-25-13-6-4-5-12(11-13)20-15(18)19-9-10-22-14(23)17(21-16(22)24)7-2-3-8-17;/h4-6,11H,2-3,7-10H2,1H3,(H,21,24)(H3,18,19,20);1H. The van der Waals surface area contributed by atoms with Crippen LogP contribution in [0.2, 0.25) is 0 Å². The Morgan fingerprint density at radius 3 is 2.81 bits per heavy atom. The number of amides is 3. The van der Waals surface area contributed by atoms with Gasteiger partial charge in [-0.05, 0) is 25.0 Å². The molecule has 1 saturated carbocycles. The molecule has 2 aliphatic rings. The number of nitrogens with zero attached hydrogens (tertiary/aromatic N) is 2. The number of carbonyl (C=O) groups is 2. The second-order valence-electron chi connectivity index (χ2n) is 6.30. The van der Waals surface area contributed by atoms with Crippen molar-refractivity contribution in [3.8, 4) is 5.75 Å². The minimum atomic E-state index is -0.675. The minimum Gasteiger partial charge on any atom is -0.497 e. The average molecular weight is 473 g/mol. The minimum absolute atomic E-state index is 0. The zero-order chi connectivity index (χ0) is 17.9. The second-order valence-corrected chi connectivity index (χ2v) is 6.30. The van der Waals surface area contributed by atoms with E-state index >= 15 is 0 Å². The fourth-order valence-electron chi connectivity index (χ4n) is 3.36. The number of nitrogens with one attached hydrogen (secondary N) is 2. The van der Waals surface area contributed by atoms with Crippen LogP contribution in [0.3, 0.4) is 0 Å². The summed E-state index contributed by atoms with van der Waals surface area (Å²) in [5, 5.41) is 5.80. The SMILES string of the molecule is COc1cccc(NC(N)=NCCN2C(=O)NC3(CCCC3)C2=O)c1.I. The maximum atomic E-state index is 12.5. The Balaban J connectivity index is 0.00000243. The number of imide groups is 1. The Labute approximate surface area is 169 Å². The molecule has 1 aromatic carbocycles. The van der Waals surface area contributed by atoms with Gasteiger partial charge in [-0.15, -0.1) is 24.0 Å². The number of aliphatic imine (C=N–C) groups is 1. The number of anilines is 1. The van der Waals surface area contributed by atoms with E-state index in [-0.39, 0.29) is 55.0 Å². The lowest BCUT2D eigenvalue weighted by Gasteiger charge is -2.19. The first-order chi connectivity index (χ1) is 12.0. The Morgan fingerprint density at radius 1 is 1.38 bits per heavy atom. The quantitative estimate of drug-likeness (QED) is 0.262. The first kappa shape index (κ1) is 20.3. The highest BCUT2D eigenvalue weighted by Crippen LogP contribution is 2.34. The third-order valence-corrected chi connectivity index (χ3v) is 4.65. The molecule has 142 valence electrons. The van der Waals surface area contributed by atoms with Crippen LogP contribution in [-0.4, -0.2) is 48.5 Å². The molecule has 1 saturated heterocycles. The predicted octanol–water partition coefficient (Wildman–Crippen LogP) is 1.90. The van der Waals surface area contributed by atoms with Crippen molar-refractivity contribution in [1.29, 1.82) is 0 Å². The van der Waals surface area contributed by atoms with Crippen LogP contribution in [0.1, 0.15) is 25.7 Å². The van der Waals surface area contributed by atoms with E-state index in [2.05, 4.69) is 15.6 Å². The van der Waals surface area contributed by atoms with Crippen molar-refractivity contribution in [1.82, 2.24) is 10.2 Å². The van der Waals surface area contributed by atoms with Crippen LogP contribution in [0.4, 0.5) is 10.5 Å². The van der Waals surface area contributed by atoms with Gasteiger partial charge in [0.25, 0.3) is 5.91 Å². The lowest BCUT2D eigenvalue weighted by molar-refractivity contribution is -0.131. The second kappa shape index (κ2) is 8.56. The molecule has 4 N–H and O–H groups in total. The van der Waals surface area contributed by atoms with Crippen LogP contribution in [0, 0.1) is 0 Å². The topological polar surface area (TPSA) is 109 Å². The zero-order valence-electron chi connectivity index (χ0n) is 14.7. The van der Waals surface area contributed by atoms with Gasteiger partial charge in [0, 0.05) is 11.8 Å². The molecule has 1 aromatic rings. The van der Waals surface area contributed by atoms with Crippen LogP contribution in [0.25, 0.3) is 0 Å². The van der Waals surface area contributed by atoms with Crippen molar-refractivity contribution >= 4 is 47.6 Å². The number of rotatable bonds is 5. The maximum absolute atomic E-state index is 12.5. The van der Waals surface area contributed by atoms with Gasteiger partial charge in [0.1, 0.15) is 11.3 Å². The molecule has 8 nitrogen and oxygen atoms in total. The summed E-state index contributed by atoms with van der Waals surface area (Å²) in [6.07, 6.45) is 3.37. The molecule has 1 heterocycles. The molecule has 1 aliphatic heterocycles. The van der Waals surface area contributed by atoms with Crippen molar-refractivity contribution < 1.29 is 14.3 Å². The van der Waals surface area contributed by atoms with Crippen molar-refractivity contribution in [3.63, 3.8) is 0 Å². The molecule has 1 aliphatic carbocycles. The number of carbonyl (C=O) groups excluding carboxylic acids is 2. The summed E-state index contributed by atoms with van der Waals surface area (Å²) in [5.74, 6) is 0.791. The largest absolute Gasteiger partial charge is 0.497 e. The van der Waals surface area contributed by atoms with E-state index in [1.54, 1.807) is 13.2 Å². The summed E-state index contributed by atoms with van der Waals surface area (Å²) >= 11 is 0. The fourth-order valence-corrected chi connectivity index (χ4v) is 3.36. The van der Waals surface area contributed by atoms with E-state index in [4.69, 9.17) is 10.5 Å². The summed E-state index contributed by atoms with van der Waals surface area (Å²) in [7, 11) is 1.59. The average Bonchev–Trinajstić information content (AvgIpc) is 3.15. The Morgan fingerprint density at radius 2 is 2.12 bits per heavy atom. The van der Waals surface area contributed by atoms with E-state index in [9.17, 15) is 9.59 Å². The summed E-state index contributed by atoms with van der Waals surface area (Å²) in [5.41, 5.74) is 5.94. The summed E-state index contributed by atoms with van der Waals surface area (Å²) in [6, 6.07) is 6.97. The lowest BCUT2D eigenvalue weighted by atomic mass is 9.98. The number of methoxy groups -OCH3 is 1. The molecule has 0 bridgehead atoms. The van der Waals surface area contributed by atoms with Gasteiger partial charge >= 0.3 is 6.03 Å². The third kappa shape index (κ3) is 4.19. The van der Waals surface area contributed by atoms with Crippen molar-refractivity contribution in [2.45, 2.75) is 31.2 Å². The van der Waals surface area contributed by atoms with Gasteiger partial charge in [0.05, 0.1) is 20.2 Å².